The average molecular weight is 657 g/mol. The summed E-state index contributed by atoms with van der Waals surface area (Å²) in [6.45, 7) is 0. The maximum Gasteiger partial charge on any atom is 0.135 e. The van der Waals surface area contributed by atoms with Crippen LogP contribution < -0.4 is 23.7 Å². The van der Waals surface area contributed by atoms with Gasteiger partial charge in [0.05, 0.1) is 35.5 Å². The highest BCUT2D eigenvalue weighted by Crippen LogP contribution is 2.53. The molecule has 0 aliphatic heterocycles. The zero-order valence-corrected chi connectivity index (χ0v) is 28.7. The molecule has 8 rings (SSSR count). The second-order valence-corrected chi connectivity index (χ2v) is 12.2. The van der Waals surface area contributed by atoms with Gasteiger partial charge in [0.2, 0.25) is 0 Å². The van der Waals surface area contributed by atoms with Crippen LogP contribution in [0.4, 0.5) is 0 Å². The minimum atomic E-state index is 0.800. The number of methoxy groups -OCH3 is 5. The average Bonchev–Trinajstić information content (AvgIpc) is 3.19. The lowest BCUT2D eigenvalue weighted by Gasteiger charge is -2.24. The van der Waals surface area contributed by atoms with Crippen molar-refractivity contribution in [2.75, 3.05) is 35.5 Å². The smallest absolute Gasteiger partial charge is 0.135 e. The fraction of sp³-hybridized carbons (Fsp3) is 0.111. The first kappa shape index (κ1) is 31.1. The molecule has 0 aliphatic rings. The molecule has 246 valence electrons. The third-order valence-electron chi connectivity index (χ3n) is 9.79. The summed E-state index contributed by atoms with van der Waals surface area (Å²) >= 11 is 0. The van der Waals surface area contributed by atoms with Crippen molar-refractivity contribution in [2.45, 2.75) is 0 Å². The molecule has 0 saturated heterocycles. The molecule has 0 heterocycles. The highest BCUT2D eigenvalue weighted by Gasteiger charge is 2.25. The number of rotatable bonds is 9. The highest BCUT2D eigenvalue weighted by atomic mass is 16.5. The molecule has 0 aromatic heterocycles. The van der Waals surface area contributed by atoms with Gasteiger partial charge < -0.3 is 23.7 Å². The molecule has 0 atom stereocenters. The van der Waals surface area contributed by atoms with Crippen LogP contribution in [0.25, 0.3) is 76.8 Å². The van der Waals surface area contributed by atoms with E-state index in [0.29, 0.717) is 0 Å². The largest absolute Gasteiger partial charge is 0.497 e. The lowest BCUT2D eigenvalue weighted by atomic mass is 9.81. The van der Waals surface area contributed by atoms with Crippen LogP contribution in [0.15, 0.2) is 127 Å². The van der Waals surface area contributed by atoms with Gasteiger partial charge in [-0.25, -0.2) is 0 Å². The van der Waals surface area contributed by atoms with Gasteiger partial charge in [-0.1, -0.05) is 72.8 Å². The Bertz CT molecular complexity index is 2300. The molecule has 5 heteroatoms. The van der Waals surface area contributed by atoms with Crippen LogP contribution in [0.5, 0.6) is 28.7 Å². The van der Waals surface area contributed by atoms with E-state index in [0.717, 1.165) is 84.0 Å². The van der Waals surface area contributed by atoms with E-state index in [1.54, 1.807) is 35.5 Å². The number of hydrogen-bond acceptors (Lipinski definition) is 5. The van der Waals surface area contributed by atoms with Crippen LogP contribution in [-0.2, 0) is 0 Å². The van der Waals surface area contributed by atoms with Crippen LogP contribution in [-0.4, -0.2) is 35.5 Å². The van der Waals surface area contributed by atoms with Gasteiger partial charge in [-0.05, 0) is 120 Å². The van der Waals surface area contributed by atoms with Crippen molar-refractivity contribution in [3.8, 4) is 73.3 Å². The summed E-state index contributed by atoms with van der Waals surface area (Å²) < 4.78 is 28.5. The van der Waals surface area contributed by atoms with E-state index in [1.807, 2.05) is 48.5 Å². The summed E-state index contributed by atoms with van der Waals surface area (Å²) in [6, 6.07) is 44.4. The Morgan fingerprint density at radius 1 is 0.300 bits per heavy atom. The summed E-state index contributed by atoms with van der Waals surface area (Å²) in [5.74, 6) is 4.06. The second kappa shape index (κ2) is 12.7. The molecule has 0 unspecified atom stereocenters. The fourth-order valence-electron chi connectivity index (χ4n) is 7.34. The summed E-state index contributed by atoms with van der Waals surface area (Å²) in [6.07, 6.45) is 0. The molecule has 0 amide bonds. The molecule has 50 heavy (non-hydrogen) atoms. The molecular formula is C45H36O5. The van der Waals surface area contributed by atoms with Gasteiger partial charge in [-0.15, -0.1) is 0 Å². The number of hydrogen-bond donors (Lipinski definition) is 0. The van der Waals surface area contributed by atoms with Crippen LogP contribution in [0.2, 0.25) is 0 Å². The molecule has 0 N–H and O–H groups in total. The molecule has 0 spiro atoms. The van der Waals surface area contributed by atoms with E-state index < -0.39 is 0 Å². The first-order valence-electron chi connectivity index (χ1n) is 16.5. The van der Waals surface area contributed by atoms with Gasteiger partial charge >= 0.3 is 0 Å². The van der Waals surface area contributed by atoms with E-state index in [9.17, 15) is 0 Å². The van der Waals surface area contributed by atoms with E-state index in [4.69, 9.17) is 23.7 Å². The van der Waals surface area contributed by atoms with Gasteiger partial charge in [-0.3, -0.25) is 0 Å². The lowest BCUT2D eigenvalue weighted by molar-refractivity contribution is 0.414. The van der Waals surface area contributed by atoms with Crippen LogP contribution in [0, 0.1) is 0 Å². The van der Waals surface area contributed by atoms with Gasteiger partial charge in [0, 0.05) is 11.1 Å². The minimum absolute atomic E-state index is 0.800. The van der Waals surface area contributed by atoms with Gasteiger partial charge in [0.1, 0.15) is 28.7 Å². The Morgan fingerprint density at radius 2 is 0.600 bits per heavy atom. The Hall–Kier alpha value is -6.20. The zero-order chi connectivity index (χ0) is 34.4. The summed E-state index contributed by atoms with van der Waals surface area (Å²) in [4.78, 5) is 0. The first-order chi connectivity index (χ1) is 24.6. The van der Waals surface area contributed by atoms with Crippen LogP contribution in [0.1, 0.15) is 0 Å². The molecule has 5 nitrogen and oxygen atoms in total. The van der Waals surface area contributed by atoms with Crippen molar-refractivity contribution < 1.29 is 23.7 Å². The van der Waals surface area contributed by atoms with Gasteiger partial charge in [0.25, 0.3) is 0 Å². The third kappa shape index (κ3) is 5.01. The summed E-state index contributed by atoms with van der Waals surface area (Å²) in [5.41, 5.74) is 8.67. The molecule has 8 aromatic rings. The number of ether oxygens (including phenoxy) is 5. The Morgan fingerprint density at radius 3 is 0.920 bits per heavy atom. The predicted molar refractivity (Wildman–Crippen MR) is 205 cm³/mol. The molecule has 0 fully saturated rings. The van der Waals surface area contributed by atoms with Gasteiger partial charge in [-0.2, -0.15) is 0 Å². The van der Waals surface area contributed by atoms with E-state index >= 15 is 0 Å². The van der Waals surface area contributed by atoms with Crippen molar-refractivity contribution in [1.29, 1.82) is 0 Å². The summed E-state index contributed by atoms with van der Waals surface area (Å²) in [7, 11) is 8.53. The van der Waals surface area contributed by atoms with E-state index in [2.05, 4.69) is 78.9 Å². The topological polar surface area (TPSA) is 46.2 Å². The Labute approximate surface area is 291 Å². The van der Waals surface area contributed by atoms with Gasteiger partial charge in [0.15, 0.2) is 0 Å². The van der Waals surface area contributed by atoms with Crippen molar-refractivity contribution in [3.63, 3.8) is 0 Å². The normalized spacial score (nSPS) is 11.3. The minimum Gasteiger partial charge on any atom is -0.497 e. The molecule has 0 aliphatic carbocycles. The predicted octanol–water partition coefficient (Wildman–Crippen LogP) is 11.3. The number of benzene rings is 8. The SMILES string of the molecule is COc1ccc(-c2cc(-c3ccc(OC)cc3)c3ccc4c(-c5ccc(OC)cc5)c(OC)c(-c5ccc(OC)cc5)c5ccc2c3c54)cc1. The van der Waals surface area contributed by atoms with Crippen LogP contribution in [0.3, 0.4) is 0 Å². The maximum atomic E-state index is 6.39. The maximum absolute atomic E-state index is 6.39. The van der Waals surface area contributed by atoms with E-state index in [1.165, 1.54) is 21.5 Å². The second-order valence-electron chi connectivity index (χ2n) is 12.2. The van der Waals surface area contributed by atoms with E-state index in [-0.39, 0.29) is 0 Å². The molecule has 0 saturated carbocycles. The third-order valence-corrected chi connectivity index (χ3v) is 9.79. The highest BCUT2D eigenvalue weighted by molar-refractivity contribution is 6.33. The quantitative estimate of drug-likeness (QED) is 0.145. The van der Waals surface area contributed by atoms with Crippen molar-refractivity contribution in [3.05, 3.63) is 127 Å². The van der Waals surface area contributed by atoms with Crippen molar-refractivity contribution >= 4 is 32.3 Å². The van der Waals surface area contributed by atoms with Crippen molar-refractivity contribution in [2.24, 2.45) is 0 Å². The zero-order valence-electron chi connectivity index (χ0n) is 28.7. The Balaban J connectivity index is 1.55. The van der Waals surface area contributed by atoms with Crippen molar-refractivity contribution in [1.82, 2.24) is 0 Å². The monoisotopic (exact) mass is 656 g/mol. The molecular weight excluding hydrogens is 620 g/mol. The first-order valence-corrected chi connectivity index (χ1v) is 16.5. The lowest BCUT2D eigenvalue weighted by Crippen LogP contribution is -1.98. The molecule has 0 bridgehead atoms. The van der Waals surface area contributed by atoms with Crippen LogP contribution >= 0.6 is 0 Å². The fourth-order valence-corrected chi connectivity index (χ4v) is 7.34. The molecule has 0 radical (unpaired) electrons. The Kier molecular flexibility index (Phi) is 7.88. The standard InChI is InChI=1S/C45H36O5/c1-46-31-14-6-27(7-15-31)39-26-40(28-8-16-32(47-2)17-9-28)36-23-25-38-42(30-12-20-34(49-4)21-13-30)45(50-5)41(29-10-18-33(48-3)19-11-29)37-24-22-35(39)43(36)44(37)38/h6-26H,1-5H3. The molecule has 8 aromatic carbocycles. The summed E-state index contributed by atoms with van der Waals surface area (Å²) in [5, 5.41) is 6.96.